The molecule has 5 heteroatoms. The molecule has 0 aromatic carbocycles. The number of halogens is 2. The van der Waals surface area contributed by atoms with Gasteiger partial charge in [-0.3, -0.25) is 0 Å². The quantitative estimate of drug-likeness (QED) is 0.467. The topological polar surface area (TPSA) is 39.3 Å². The molecule has 0 radical (unpaired) electrons. The van der Waals surface area contributed by atoms with Gasteiger partial charge >= 0.3 is 0 Å². The minimum absolute atomic E-state index is 0. The van der Waals surface area contributed by atoms with Crippen molar-refractivity contribution in [3.05, 3.63) is 49.1 Å². The molecule has 3 nitrogen and oxygen atoms in total. The molecule has 0 aliphatic carbocycles. The average molecular weight is 279 g/mol. The van der Waals surface area contributed by atoms with Gasteiger partial charge in [0.05, 0.1) is 0 Å². The second kappa shape index (κ2) is 8.01. The lowest BCUT2D eigenvalue weighted by atomic mass is 10.1. The van der Waals surface area contributed by atoms with Crippen LogP contribution in [0.4, 0.5) is 0 Å². The van der Waals surface area contributed by atoms with E-state index >= 15 is 0 Å². The number of pyridine rings is 2. The summed E-state index contributed by atoms with van der Waals surface area (Å²) in [7, 11) is 4.05. The first-order chi connectivity index (χ1) is 6.75. The molecule has 0 bridgehead atoms. The van der Waals surface area contributed by atoms with Crippen molar-refractivity contribution >= 4 is 0 Å². The Morgan fingerprint density at radius 2 is 0.882 bits per heavy atom. The van der Waals surface area contributed by atoms with Crippen molar-refractivity contribution in [2.75, 3.05) is 0 Å². The van der Waals surface area contributed by atoms with Crippen molar-refractivity contribution < 1.29 is 39.4 Å². The minimum atomic E-state index is 0. The predicted molar refractivity (Wildman–Crippen MR) is 57.8 cm³/mol. The summed E-state index contributed by atoms with van der Waals surface area (Å²) < 4.78 is 4.07. The second-order valence-corrected chi connectivity index (χ2v) is 3.50. The zero-order valence-corrected chi connectivity index (χ0v) is 11.3. The van der Waals surface area contributed by atoms with Crippen LogP contribution in [0.2, 0.25) is 0 Å². The average Bonchev–Trinajstić information content (AvgIpc) is 2.21. The zero-order valence-electron chi connectivity index (χ0n) is 9.77. The molecule has 0 aliphatic rings. The van der Waals surface area contributed by atoms with Crippen LogP contribution in [0.1, 0.15) is 0 Å². The van der Waals surface area contributed by atoms with Crippen LogP contribution < -0.4 is 33.9 Å². The first kappa shape index (κ1) is 18.2. The zero-order chi connectivity index (χ0) is 9.97. The van der Waals surface area contributed by atoms with E-state index in [0.29, 0.717) is 0 Å². The third-order valence-corrected chi connectivity index (χ3v) is 2.29. The lowest BCUT2D eigenvalue weighted by Gasteiger charge is -1.97. The van der Waals surface area contributed by atoms with E-state index < -0.39 is 0 Å². The smallest absolute Gasteiger partial charge is 0.169 e. The maximum Gasteiger partial charge on any atom is 0.169 e. The molecule has 94 valence electrons. The summed E-state index contributed by atoms with van der Waals surface area (Å²) >= 11 is 0. The summed E-state index contributed by atoms with van der Waals surface area (Å²) in [5, 5.41) is 0. The molecule has 2 rings (SSSR count). The van der Waals surface area contributed by atoms with Gasteiger partial charge in [0.15, 0.2) is 24.8 Å². The van der Waals surface area contributed by atoms with Crippen LogP contribution in [-0.4, -0.2) is 5.48 Å². The molecule has 0 amide bonds. The fourth-order valence-corrected chi connectivity index (χ4v) is 1.39. The molecule has 17 heavy (non-hydrogen) atoms. The summed E-state index contributed by atoms with van der Waals surface area (Å²) in [5.74, 6) is 0. The summed E-state index contributed by atoms with van der Waals surface area (Å²) in [6.45, 7) is 0. The van der Waals surface area contributed by atoms with Crippen LogP contribution in [0.3, 0.4) is 0 Å². The fraction of sp³-hybridized carbons (Fsp3) is 0.167. The van der Waals surface area contributed by atoms with E-state index in [2.05, 4.69) is 49.1 Å². The van der Waals surface area contributed by atoms with Crippen molar-refractivity contribution in [3.63, 3.8) is 0 Å². The summed E-state index contributed by atoms with van der Waals surface area (Å²) in [5.41, 5.74) is 2.51. The molecule has 0 spiro atoms. The third-order valence-electron chi connectivity index (χ3n) is 2.29. The Hall–Kier alpha value is -1.16. The summed E-state index contributed by atoms with van der Waals surface area (Å²) in [6.07, 6.45) is 8.23. The Morgan fingerprint density at radius 3 is 1.12 bits per heavy atom. The molecule has 0 saturated carbocycles. The van der Waals surface area contributed by atoms with Gasteiger partial charge < -0.3 is 30.3 Å². The maximum absolute atomic E-state index is 2.12. The van der Waals surface area contributed by atoms with Gasteiger partial charge in [0.2, 0.25) is 0 Å². The first-order valence-corrected chi connectivity index (χ1v) is 4.67. The van der Waals surface area contributed by atoms with Gasteiger partial charge in [0.1, 0.15) is 14.1 Å². The first-order valence-electron chi connectivity index (χ1n) is 4.67. The molecule has 2 aromatic heterocycles. The van der Waals surface area contributed by atoms with Gasteiger partial charge in [0, 0.05) is 24.3 Å². The van der Waals surface area contributed by atoms with E-state index in [0.717, 1.165) is 0 Å². The molecule has 0 unspecified atom stereocenters. The largest absolute Gasteiger partial charge is 1.00 e. The van der Waals surface area contributed by atoms with Gasteiger partial charge in [-0.05, 0) is 11.1 Å². The highest BCUT2D eigenvalue weighted by atomic mass is 35.5. The normalized spacial score (nSPS) is 8.35. The molecular formula is C12H16Cl2N2O. The number of hydrogen-bond acceptors (Lipinski definition) is 0. The van der Waals surface area contributed by atoms with Crippen molar-refractivity contribution in [3.8, 4) is 11.1 Å². The van der Waals surface area contributed by atoms with Gasteiger partial charge in [-0.2, -0.15) is 0 Å². The molecule has 0 aliphatic heterocycles. The minimum Gasteiger partial charge on any atom is -1.00 e. The highest BCUT2D eigenvalue weighted by molar-refractivity contribution is 5.60. The fourth-order valence-electron chi connectivity index (χ4n) is 1.39. The standard InChI is InChI=1S/C12H14N2.2ClH.H2O/c1-13-7-3-11(4-8-13)12-5-9-14(2)10-6-12;;;/h3-10H,1-2H3;2*1H;1H2/q+2;;;/p-2/i1+2,2+2;;;. The molecule has 2 heterocycles. The number of aromatic nitrogens is 2. The van der Waals surface area contributed by atoms with E-state index in [1.807, 2.05) is 23.2 Å². The lowest BCUT2D eigenvalue weighted by molar-refractivity contribution is -0.671. The summed E-state index contributed by atoms with van der Waals surface area (Å²) in [4.78, 5) is 0. The van der Waals surface area contributed by atoms with Crippen LogP contribution in [0.5, 0.6) is 0 Å². The highest BCUT2D eigenvalue weighted by Gasteiger charge is 2.00. The molecular weight excluding hydrogens is 263 g/mol. The maximum atomic E-state index is 2.12. The van der Waals surface area contributed by atoms with E-state index in [4.69, 9.17) is 0 Å². The van der Waals surface area contributed by atoms with E-state index in [9.17, 15) is 0 Å². The molecule has 2 N–H and O–H groups in total. The van der Waals surface area contributed by atoms with Crippen molar-refractivity contribution in [2.24, 2.45) is 14.1 Å². The molecule has 0 saturated heterocycles. The van der Waals surface area contributed by atoms with Crippen molar-refractivity contribution in [1.29, 1.82) is 0 Å². The Morgan fingerprint density at radius 1 is 0.647 bits per heavy atom. The van der Waals surface area contributed by atoms with E-state index in [1.54, 1.807) is 0 Å². The third kappa shape index (κ3) is 4.69. The monoisotopic (exact) mass is 278 g/mol. The van der Waals surface area contributed by atoms with Crippen LogP contribution in [0.25, 0.3) is 11.1 Å². The van der Waals surface area contributed by atoms with Crippen LogP contribution >= 0.6 is 0 Å². The SMILES string of the molecule is O.[14CH3][n+]1ccc(-c2cc[n+]([14CH3])cc2)cc1.[Cl-].[Cl-]. The van der Waals surface area contributed by atoms with Crippen LogP contribution in [0.15, 0.2) is 49.1 Å². The van der Waals surface area contributed by atoms with Crippen molar-refractivity contribution in [1.82, 2.24) is 0 Å². The molecule has 0 atom stereocenters. The number of nitrogens with zero attached hydrogens (tertiary/aromatic N) is 2. The van der Waals surface area contributed by atoms with Crippen molar-refractivity contribution in [2.45, 2.75) is 0 Å². The lowest BCUT2D eigenvalue weighted by Crippen LogP contribution is -3.00. The Balaban J connectivity index is 0. The number of rotatable bonds is 1. The van der Waals surface area contributed by atoms with Gasteiger partial charge in [-0.15, -0.1) is 0 Å². The van der Waals surface area contributed by atoms with Gasteiger partial charge in [-0.25, -0.2) is 9.13 Å². The van der Waals surface area contributed by atoms with E-state index in [1.165, 1.54) is 11.1 Å². The Bertz CT molecular complexity index is 386. The summed E-state index contributed by atoms with van der Waals surface area (Å²) in [6, 6.07) is 8.48. The van der Waals surface area contributed by atoms with E-state index in [-0.39, 0.29) is 30.3 Å². The van der Waals surface area contributed by atoms with Gasteiger partial charge in [0.25, 0.3) is 0 Å². The number of aryl methyl sites for hydroxylation is 2. The number of hydrogen-bond donors (Lipinski definition) is 0. The second-order valence-electron chi connectivity index (χ2n) is 3.50. The predicted octanol–water partition coefficient (Wildman–Crippen LogP) is -5.81. The van der Waals surface area contributed by atoms with Crippen LogP contribution in [-0.2, 0) is 14.1 Å². The Labute approximate surface area is 114 Å². The highest BCUT2D eigenvalue weighted by Crippen LogP contribution is 2.14. The molecule has 0 fully saturated rings. The Kier molecular flexibility index (Phi) is 8.58. The molecule has 2 aromatic rings. The van der Waals surface area contributed by atoms with Gasteiger partial charge in [-0.1, -0.05) is 0 Å². The van der Waals surface area contributed by atoms with Crippen LogP contribution in [0, 0.1) is 0 Å².